The second-order valence-electron chi connectivity index (χ2n) is 3.33. The van der Waals surface area contributed by atoms with Gasteiger partial charge in [-0.1, -0.05) is 13.0 Å². The zero-order valence-electron chi connectivity index (χ0n) is 9.04. The van der Waals surface area contributed by atoms with Crippen LogP contribution in [0.3, 0.4) is 0 Å². The van der Waals surface area contributed by atoms with Gasteiger partial charge in [-0.25, -0.2) is 4.79 Å². The summed E-state index contributed by atoms with van der Waals surface area (Å²) in [4.78, 5) is 10.8. The SMILES string of the molecule is CCCOc1c(C(=O)O)cccc1C(F)(F)F. The highest BCUT2D eigenvalue weighted by Crippen LogP contribution is 2.38. The third kappa shape index (κ3) is 3.12. The van der Waals surface area contributed by atoms with Gasteiger partial charge < -0.3 is 9.84 Å². The molecule has 0 aliphatic carbocycles. The number of hydrogen-bond donors (Lipinski definition) is 1. The van der Waals surface area contributed by atoms with Gasteiger partial charge in [0, 0.05) is 0 Å². The van der Waals surface area contributed by atoms with E-state index in [9.17, 15) is 18.0 Å². The minimum absolute atomic E-state index is 0.0351. The smallest absolute Gasteiger partial charge is 0.419 e. The van der Waals surface area contributed by atoms with Crippen molar-refractivity contribution in [3.8, 4) is 5.75 Å². The largest absolute Gasteiger partial charge is 0.492 e. The first-order valence-electron chi connectivity index (χ1n) is 4.94. The van der Waals surface area contributed by atoms with Gasteiger partial charge in [-0.05, 0) is 18.6 Å². The van der Waals surface area contributed by atoms with Crippen molar-refractivity contribution < 1.29 is 27.8 Å². The summed E-state index contributed by atoms with van der Waals surface area (Å²) in [5.41, 5.74) is -1.54. The quantitative estimate of drug-likeness (QED) is 0.890. The first kappa shape index (κ1) is 13.3. The van der Waals surface area contributed by atoms with Crippen LogP contribution in [0.15, 0.2) is 18.2 Å². The van der Waals surface area contributed by atoms with Gasteiger partial charge in [0.25, 0.3) is 0 Å². The maximum atomic E-state index is 12.6. The van der Waals surface area contributed by atoms with Crippen LogP contribution in [0.1, 0.15) is 29.3 Å². The molecule has 1 aromatic carbocycles. The van der Waals surface area contributed by atoms with Crippen LogP contribution in [-0.4, -0.2) is 17.7 Å². The zero-order valence-corrected chi connectivity index (χ0v) is 9.04. The summed E-state index contributed by atoms with van der Waals surface area (Å²) in [5.74, 6) is -2.06. The number of benzene rings is 1. The van der Waals surface area contributed by atoms with E-state index in [0.717, 1.165) is 18.2 Å². The second kappa shape index (κ2) is 5.07. The van der Waals surface area contributed by atoms with E-state index in [1.807, 2.05) is 0 Å². The molecule has 0 unspecified atom stereocenters. The van der Waals surface area contributed by atoms with Gasteiger partial charge in [-0.3, -0.25) is 0 Å². The van der Waals surface area contributed by atoms with Gasteiger partial charge in [0.15, 0.2) is 0 Å². The van der Waals surface area contributed by atoms with E-state index in [-0.39, 0.29) is 6.61 Å². The normalized spacial score (nSPS) is 11.3. The number of hydrogen-bond acceptors (Lipinski definition) is 2. The highest BCUT2D eigenvalue weighted by molar-refractivity contribution is 5.91. The first-order chi connectivity index (χ1) is 7.88. The molecule has 0 amide bonds. The second-order valence-corrected chi connectivity index (χ2v) is 3.33. The molecule has 94 valence electrons. The molecule has 0 aliphatic rings. The Balaban J connectivity index is 3.29. The van der Waals surface area contributed by atoms with Crippen LogP contribution in [0.5, 0.6) is 5.75 Å². The van der Waals surface area contributed by atoms with Gasteiger partial charge in [0.1, 0.15) is 11.3 Å². The van der Waals surface area contributed by atoms with E-state index in [1.54, 1.807) is 6.92 Å². The fourth-order valence-corrected chi connectivity index (χ4v) is 1.29. The van der Waals surface area contributed by atoms with Gasteiger partial charge in [-0.2, -0.15) is 13.2 Å². The summed E-state index contributed by atoms with van der Waals surface area (Å²) in [5, 5.41) is 8.81. The fraction of sp³-hybridized carbons (Fsp3) is 0.364. The minimum atomic E-state index is -4.63. The average Bonchev–Trinajstić information content (AvgIpc) is 2.24. The number of ether oxygens (including phenoxy) is 1. The summed E-state index contributed by atoms with van der Waals surface area (Å²) >= 11 is 0. The van der Waals surface area contributed by atoms with Crippen LogP contribution >= 0.6 is 0 Å². The van der Waals surface area contributed by atoms with Crippen LogP contribution in [-0.2, 0) is 6.18 Å². The molecule has 0 saturated carbocycles. The highest BCUT2D eigenvalue weighted by atomic mass is 19.4. The van der Waals surface area contributed by atoms with Crippen molar-refractivity contribution in [1.29, 1.82) is 0 Å². The number of carboxylic acid groups (broad SMARTS) is 1. The van der Waals surface area contributed by atoms with Crippen LogP contribution in [0.25, 0.3) is 0 Å². The molecule has 0 aromatic heterocycles. The molecule has 0 fully saturated rings. The lowest BCUT2D eigenvalue weighted by Crippen LogP contribution is -2.13. The summed E-state index contributed by atoms with van der Waals surface area (Å²) in [6.07, 6.45) is -4.14. The molecule has 1 N–H and O–H groups in total. The minimum Gasteiger partial charge on any atom is -0.492 e. The van der Waals surface area contributed by atoms with E-state index in [0.29, 0.717) is 6.42 Å². The van der Waals surface area contributed by atoms with E-state index < -0.39 is 29.0 Å². The van der Waals surface area contributed by atoms with Crippen molar-refractivity contribution >= 4 is 5.97 Å². The van der Waals surface area contributed by atoms with E-state index in [2.05, 4.69) is 0 Å². The number of carboxylic acids is 1. The van der Waals surface area contributed by atoms with Gasteiger partial charge in [-0.15, -0.1) is 0 Å². The Labute approximate surface area is 95.8 Å². The molecule has 0 bridgehead atoms. The highest BCUT2D eigenvalue weighted by Gasteiger charge is 2.36. The number of para-hydroxylation sites is 1. The van der Waals surface area contributed by atoms with Crippen molar-refractivity contribution in [3.05, 3.63) is 29.3 Å². The molecule has 3 nitrogen and oxygen atoms in total. The lowest BCUT2D eigenvalue weighted by Gasteiger charge is -2.15. The first-order valence-corrected chi connectivity index (χ1v) is 4.94. The van der Waals surface area contributed by atoms with E-state index >= 15 is 0 Å². The van der Waals surface area contributed by atoms with Gasteiger partial charge >= 0.3 is 12.1 Å². The van der Waals surface area contributed by atoms with E-state index in [1.165, 1.54) is 0 Å². The Morgan fingerprint density at radius 2 is 2.06 bits per heavy atom. The lowest BCUT2D eigenvalue weighted by atomic mass is 10.1. The predicted octanol–water partition coefficient (Wildman–Crippen LogP) is 3.19. The molecule has 0 heterocycles. The molecule has 0 aliphatic heterocycles. The summed E-state index contributed by atoms with van der Waals surface area (Å²) in [7, 11) is 0. The third-order valence-corrected chi connectivity index (χ3v) is 2.00. The number of aromatic carboxylic acids is 1. The van der Waals surface area contributed by atoms with Crippen LogP contribution in [0, 0.1) is 0 Å². The maximum absolute atomic E-state index is 12.6. The number of halogens is 3. The van der Waals surface area contributed by atoms with Crippen LogP contribution in [0.4, 0.5) is 13.2 Å². The third-order valence-electron chi connectivity index (χ3n) is 2.00. The summed E-state index contributed by atoms with van der Waals surface area (Å²) in [6.45, 7) is 1.75. The lowest BCUT2D eigenvalue weighted by molar-refractivity contribution is -0.139. The van der Waals surface area contributed by atoms with Crippen molar-refractivity contribution in [2.75, 3.05) is 6.61 Å². The Morgan fingerprint density at radius 3 is 2.53 bits per heavy atom. The fourth-order valence-electron chi connectivity index (χ4n) is 1.29. The molecule has 1 aromatic rings. The van der Waals surface area contributed by atoms with Crippen molar-refractivity contribution in [1.82, 2.24) is 0 Å². The van der Waals surface area contributed by atoms with Crippen molar-refractivity contribution in [3.63, 3.8) is 0 Å². The maximum Gasteiger partial charge on any atom is 0.419 e. The Morgan fingerprint density at radius 1 is 1.41 bits per heavy atom. The van der Waals surface area contributed by atoms with Gasteiger partial charge in [0.2, 0.25) is 0 Å². The monoisotopic (exact) mass is 248 g/mol. The number of rotatable bonds is 4. The molecular formula is C11H11F3O3. The summed E-state index contributed by atoms with van der Waals surface area (Å²) in [6, 6.07) is 2.94. The molecule has 0 radical (unpaired) electrons. The molecular weight excluding hydrogens is 237 g/mol. The molecule has 0 atom stereocenters. The predicted molar refractivity (Wildman–Crippen MR) is 54.2 cm³/mol. The van der Waals surface area contributed by atoms with E-state index in [4.69, 9.17) is 9.84 Å². The number of carbonyl (C=O) groups is 1. The van der Waals surface area contributed by atoms with Gasteiger partial charge in [0.05, 0.1) is 12.2 Å². The zero-order chi connectivity index (χ0) is 13.1. The molecule has 1 rings (SSSR count). The molecule has 17 heavy (non-hydrogen) atoms. The molecule has 0 spiro atoms. The summed E-state index contributed by atoms with van der Waals surface area (Å²) < 4.78 is 42.8. The van der Waals surface area contributed by atoms with Crippen LogP contribution < -0.4 is 4.74 Å². The van der Waals surface area contributed by atoms with Crippen molar-refractivity contribution in [2.24, 2.45) is 0 Å². The molecule has 6 heteroatoms. The van der Waals surface area contributed by atoms with Crippen molar-refractivity contribution in [2.45, 2.75) is 19.5 Å². The Hall–Kier alpha value is -1.72. The number of alkyl halides is 3. The van der Waals surface area contributed by atoms with Crippen LogP contribution in [0.2, 0.25) is 0 Å². The average molecular weight is 248 g/mol. The Bertz CT molecular complexity index is 413. The topological polar surface area (TPSA) is 46.5 Å². The Kier molecular flexibility index (Phi) is 3.98. The standard InChI is InChI=1S/C11H11F3O3/c1-2-6-17-9-7(10(15)16)4-3-5-8(9)11(12,13)14/h3-5H,2,6H2,1H3,(H,15,16). The molecule has 0 saturated heterocycles.